The first-order valence-corrected chi connectivity index (χ1v) is 16.0. The lowest BCUT2D eigenvalue weighted by atomic mass is 9.86. The summed E-state index contributed by atoms with van der Waals surface area (Å²) in [6.45, 7) is 8.68. The molecule has 0 atom stereocenters. The van der Waals surface area contributed by atoms with Crippen molar-refractivity contribution in [3.8, 4) is 16.9 Å². The number of imidazole rings is 1. The number of Topliss-reactive ketones (excluding diaryl/α,β-unsaturated/α-hetero) is 1. The number of para-hydroxylation sites is 1. The Bertz CT molecular complexity index is 1580. The van der Waals surface area contributed by atoms with Crippen LogP contribution in [0.15, 0.2) is 66.7 Å². The number of carbonyl (C=O) groups excluding carboxylic acids is 2. The molecule has 0 unspecified atom stereocenters. The largest absolute Gasteiger partial charge is 0.514 e. The van der Waals surface area contributed by atoms with Crippen LogP contribution in [-0.2, 0) is 22.5 Å². The maximum atomic E-state index is 12.8. The number of carbonyl (C=O) groups is 2. The van der Waals surface area contributed by atoms with Crippen LogP contribution in [-0.4, -0.2) is 33.6 Å². The van der Waals surface area contributed by atoms with Crippen molar-refractivity contribution in [1.82, 2.24) is 9.55 Å². The highest BCUT2D eigenvalue weighted by Gasteiger charge is 2.21. The lowest BCUT2D eigenvalue weighted by molar-refractivity contribution is -0.122. The molecule has 1 fully saturated rings. The second-order valence-corrected chi connectivity index (χ2v) is 12.8. The number of aromatic nitrogens is 2. The van der Waals surface area contributed by atoms with E-state index in [1.807, 2.05) is 45.0 Å². The summed E-state index contributed by atoms with van der Waals surface area (Å²) in [5, 5.41) is 3.40. The highest BCUT2D eigenvalue weighted by atomic mass is 16.7. The summed E-state index contributed by atoms with van der Waals surface area (Å²) in [5.74, 6) is 2.04. The summed E-state index contributed by atoms with van der Waals surface area (Å²) >= 11 is 0. The number of rotatable bonds is 11. The Labute approximate surface area is 261 Å². The van der Waals surface area contributed by atoms with Crippen molar-refractivity contribution < 1.29 is 19.1 Å². The molecule has 0 aliphatic heterocycles. The van der Waals surface area contributed by atoms with Gasteiger partial charge >= 0.3 is 6.16 Å². The molecule has 0 spiro atoms. The minimum absolute atomic E-state index is 0.199. The molecule has 1 heterocycles. The van der Waals surface area contributed by atoms with Crippen molar-refractivity contribution in [1.29, 1.82) is 0 Å². The smallest absolute Gasteiger partial charge is 0.428 e. The van der Waals surface area contributed by atoms with E-state index in [-0.39, 0.29) is 5.92 Å². The zero-order valence-corrected chi connectivity index (χ0v) is 26.5. The van der Waals surface area contributed by atoms with Gasteiger partial charge in [-0.05, 0) is 75.4 Å². The highest BCUT2D eigenvalue weighted by Crippen LogP contribution is 2.31. The van der Waals surface area contributed by atoms with Crippen LogP contribution in [0.1, 0.15) is 84.0 Å². The summed E-state index contributed by atoms with van der Waals surface area (Å²) in [6, 6.07) is 22.0. The number of unbranched alkanes of at least 4 members (excludes halogenated alkanes) is 1. The Morgan fingerprint density at radius 2 is 1.73 bits per heavy atom. The van der Waals surface area contributed by atoms with Crippen molar-refractivity contribution >= 4 is 28.7 Å². The number of aryl methyl sites for hydroxylation is 1. The number of ether oxygens (including phenoxy) is 2. The average molecular weight is 596 g/mol. The molecule has 1 N–H and O–H groups in total. The van der Waals surface area contributed by atoms with Gasteiger partial charge in [-0.3, -0.25) is 4.79 Å². The van der Waals surface area contributed by atoms with E-state index in [0.717, 1.165) is 84.2 Å². The molecular weight excluding hydrogens is 550 g/mol. The maximum Gasteiger partial charge on any atom is 0.514 e. The van der Waals surface area contributed by atoms with E-state index in [9.17, 15) is 9.59 Å². The van der Waals surface area contributed by atoms with E-state index in [1.54, 1.807) is 6.07 Å². The second-order valence-electron chi connectivity index (χ2n) is 12.8. The molecule has 0 amide bonds. The summed E-state index contributed by atoms with van der Waals surface area (Å²) < 4.78 is 13.2. The van der Waals surface area contributed by atoms with E-state index in [2.05, 4.69) is 53.2 Å². The fraction of sp³-hybridized carbons (Fsp3) is 0.432. The molecule has 1 aromatic heterocycles. The first-order valence-electron chi connectivity index (χ1n) is 16.0. The molecule has 3 aromatic carbocycles. The second kappa shape index (κ2) is 14.1. The third-order valence-electron chi connectivity index (χ3n) is 8.18. The first-order chi connectivity index (χ1) is 21.2. The summed E-state index contributed by atoms with van der Waals surface area (Å²) in [4.78, 5) is 30.2. The van der Waals surface area contributed by atoms with Crippen LogP contribution >= 0.6 is 0 Å². The summed E-state index contributed by atoms with van der Waals surface area (Å²) in [5.41, 5.74) is 5.24. The molecule has 4 aromatic rings. The Balaban J connectivity index is 1.35. The number of anilines is 1. The molecule has 0 radical (unpaired) electrons. The number of nitrogens with zero attached hydrogens (tertiary/aromatic N) is 2. The number of ketones is 1. The van der Waals surface area contributed by atoms with Gasteiger partial charge in [-0.2, -0.15) is 0 Å². The van der Waals surface area contributed by atoms with Crippen molar-refractivity contribution in [2.24, 2.45) is 5.92 Å². The van der Waals surface area contributed by atoms with Gasteiger partial charge in [0, 0.05) is 30.1 Å². The van der Waals surface area contributed by atoms with Gasteiger partial charge in [0.1, 0.15) is 17.2 Å². The average Bonchev–Trinajstić information content (AvgIpc) is 3.35. The van der Waals surface area contributed by atoms with Crippen LogP contribution in [0.5, 0.6) is 5.75 Å². The Hall–Kier alpha value is -4.13. The van der Waals surface area contributed by atoms with Gasteiger partial charge in [0.05, 0.1) is 17.6 Å². The van der Waals surface area contributed by atoms with Gasteiger partial charge < -0.3 is 19.4 Å². The van der Waals surface area contributed by atoms with Gasteiger partial charge in [0.2, 0.25) is 0 Å². The van der Waals surface area contributed by atoms with Gasteiger partial charge in [0.15, 0.2) is 5.78 Å². The molecule has 1 aliphatic carbocycles. The van der Waals surface area contributed by atoms with Crippen molar-refractivity contribution in [2.75, 3.05) is 11.9 Å². The zero-order chi connectivity index (χ0) is 31.1. The standard InChI is InChI=1S/C37H45N3O4/c1-5-6-16-35-39-31-22-21-29(38-24-33(41)28-12-8-7-9-13-28)23-32(31)40(35)25-26-17-19-27(20-18-26)30-14-10-11-15-34(30)43-36(42)44-37(2,3)4/h10-11,14-15,17-23,28,38H,5-9,12-13,16,24-25H2,1-4H3. The molecule has 7 heteroatoms. The van der Waals surface area contributed by atoms with Gasteiger partial charge in [-0.15, -0.1) is 0 Å². The molecule has 5 rings (SSSR count). The maximum absolute atomic E-state index is 12.8. The lowest BCUT2D eigenvalue weighted by Gasteiger charge is -2.20. The molecule has 44 heavy (non-hydrogen) atoms. The fourth-order valence-corrected chi connectivity index (χ4v) is 5.87. The lowest BCUT2D eigenvalue weighted by Crippen LogP contribution is -2.26. The van der Waals surface area contributed by atoms with Crippen LogP contribution in [0.25, 0.3) is 22.2 Å². The topological polar surface area (TPSA) is 82.5 Å². The minimum Gasteiger partial charge on any atom is -0.428 e. The quantitative estimate of drug-likeness (QED) is 0.138. The monoisotopic (exact) mass is 595 g/mol. The van der Waals surface area contributed by atoms with E-state index >= 15 is 0 Å². The highest BCUT2D eigenvalue weighted by molar-refractivity contribution is 5.86. The third kappa shape index (κ3) is 8.07. The molecule has 7 nitrogen and oxygen atoms in total. The van der Waals surface area contributed by atoms with Crippen molar-refractivity contribution in [2.45, 2.75) is 91.2 Å². The number of hydrogen-bond acceptors (Lipinski definition) is 6. The van der Waals surface area contributed by atoms with Crippen LogP contribution in [0.4, 0.5) is 10.5 Å². The normalized spacial score (nSPS) is 14.0. The zero-order valence-electron chi connectivity index (χ0n) is 26.5. The third-order valence-corrected chi connectivity index (χ3v) is 8.18. The van der Waals surface area contributed by atoms with Gasteiger partial charge in [-0.25, -0.2) is 9.78 Å². The van der Waals surface area contributed by atoms with E-state index in [1.165, 1.54) is 6.42 Å². The Morgan fingerprint density at radius 1 is 0.977 bits per heavy atom. The van der Waals surface area contributed by atoms with Gasteiger partial charge in [-0.1, -0.05) is 75.1 Å². The summed E-state index contributed by atoms with van der Waals surface area (Å²) in [6.07, 6.45) is 7.96. The molecule has 1 saturated carbocycles. The molecule has 0 saturated heterocycles. The number of nitrogens with one attached hydrogen (secondary N) is 1. The summed E-state index contributed by atoms with van der Waals surface area (Å²) in [7, 11) is 0. The van der Waals surface area contributed by atoms with Crippen molar-refractivity contribution in [3.05, 3.63) is 78.1 Å². The van der Waals surface area contributed by atoms with Crippen LogP contribution in [0.2, 0.25) is 0 Å². The van der Waals surface area contributed by atoms with Gasteiger partial charge in [0.25, 0.3) is 0 Å². The fourth-order valence-electron chi connectivity index (χ4n) is 5.87. The molecular formula is C37H45N3O4. The predicted octanol–water partition coefficient (Wildman–Crippen LogP) is 8.97. The van der Waals surface area contributed by atoms with Crippen LogP contribution < -0.4 is 10.1 Å². The number of fused-ring (bicyclic) bond motifs is 1. The predicted molar refractivity (Wildman–Crippen MR) is 176 cm³/mol. The number of hydrogen-bond donors (Lipinski definition) is 1. The molecule has 232 valence electrons. The van der Waals surface area contributed by atoms with E-state index < -0.39 is 11.8 Å². The minimum atomic E-state index is -0.722. The first kappa shape index (κ1) is 31.3. The van der Waals surface area contributed by atoms with E-state index in [0.29, 0.717) is 24.6 Å². The van der Waals surface area contributed by atoms with Crippen molar-refractivity contribution in [3.63, 3.8) is 0 Å². The Kier molecular flexibility index (Phi) is 10.0. The number of benzene rings is 3. The van der Waals surface area contributed by atoms with Crippen LogP contribution in [0.3, 0.4) is 0 Å². The van der Waals surface area contributed by atoms with Crippen LogP contribution in [0, 0.1) is 5.92 Å². The SMILES string of the molecule is CCCCc1nc2ccc(NCC(=O)C3CCCCC3)cc2n1Cc1ccc(-c2ccccc2OC(=O)OC(C)(C)C)cc1. The van der Waals surface area contributed by atoms with E-state index in [4.69, 9.17) is 14.5 Å². The Morgan fingerprint density at radius 3 is 2.45 bits per heavy atom. The molecule has 0 bridgehead atoms. The molecule has 1 aliphatic rings.